The molecule has 1 aromatic heterocycles. The summed E-state index contributed by atoms with van der Waals surface area (Å²) in [5.41, 5.74) is 2.42. The smallest absolute Gasteiger partial charge is 0.258 e. The van der Waals surface area contributed by atoms with Crippen molar-refractivity contribution in [3.05, 3.63) is 60.3 Å². The summed E-state index contributed by atoms with van der Waals surface area (Å²) in [6.45, 7) is 0. The lowest BCUT2D eigenvalue weighted by Gasteiger charge is -2.20. The number of nitrogens with zero attached hydrogens (tertiary/aromatic N) is 1. The molecule has 1 amide bonds. The third-order valence-corrected chi connectivity index (χ3v) is 3.55. The molecular weight excluding hydrogens is 264 g/mol. The van der Waals surface area contributed by atoms with Crippen LogP contribution in [0.5, 0.6) is 5.75 Å². The Labute approximate surface area is 123 Å². The van der Waals surface area contributed by atoms with Crippen LogP contribution in [0.4, 0.5) is 5.69 Å². The number of hydrogen-bond donors (Lipinski definition) is 1. The van der Waals surface area contributed by atoms with Gasteiger partial charge in [-0.25, -0.2) is 0 Å². The summed E-state index contributed by atoms with van der Waals surface area (Å²) < 4.78 is 5.31. The number of aromatic nitrogens is 1. The summed E-state index contributed by atoms with van der Waals surface area (Å²) >= 11 is 0. The summed E-state index contributed by atoms with van der Waals surface area (Å²) in [6.07, 6.45) is 1.86. The highest BCUT2D eigenvalue weighted by Gasteiger charge is 2.17. The van der Waals surface area contributed by atoms with Crippen molar-refractivity contribution in [2.24, 2.45) is 0 Å². The molecule has 0 saturated carbocycles. The largest absolute Gasteiger partial charge is 0.495 e. The first-order valence-electron chi connectivity index (χ1n) is 6.69. The summed E-state index contributed by atoms with van der Waals surface area (Å²) in [7, 11) is 3.35. The van der Waals surface area contributed by atoms with Crippen molar-refractivity contribution >= 4 is 22.5 Å². The molecule has 21 heavy (non-hydrogen) atoms. The van der Waals surface area contributed by atoms with E-state index in [1.807, 2.05) is 54.7 Å². The van der Waals surface area contributed by atoms with Crippen molar-refractivity contribution in [1.82, 2.24) is 4.98 Å². The van der Waals surface area contributed by atoms with Crippen LogP contribution < -0.4 is 9.64 Å². The van der Waals surface area contributed by atoms with E-state index in [2.05, 4.69) is 4.98 Å². The normalized spacial score (nSPS) is 10.6. The molecule has 0 saturated heterocycles. The third kappa shape index (κ3) is 2.36. The number of ether oxygens (including phenoxy) is 1. The van der Waals surface area contributed by atoms with Gasteiger partial charge in [0.05, 0.1) is 12.8 Å². The fourth-order valence-corrected chi connectivity index (χ4v) is 2.40. The fraction of sp³-hybridized carbons (Fsp3) is 0.118. The zero-order valence-corrected chi connectivity index (χ0v) is 12.0. The molecule has 0 atom stereocenters. The van der Waals surface area contributed by atoms with Gasteiger partial charge in [0.1, 0.15) is 5.75 Å². The van der Waals surface area contributed by atoms with Crippen LogP contribution >= 0.6 is 0 Å². The molecular formula is C17H16N2O2. The second kappa shape index (κ2) is 5.32. The lowest BCUT2D eigenvalue weighted by molar-refractivity contribution is 0.0992. The first-order valence-corrected chi connectivity index (χ1v) is 6.69. The number of H-pyrrole nitrogens is 1. The zero-order chi connectivity index (χ0) is 14.8. The molecule has 106 valence electrons. The van der Waals surface area contributed by atoms with Gasteiger partial charge in [0.2, 0.25) is 0 Å². The number of aromatic amines is 1. The average Bonchev–Trinajstić information content (AvgIpc) is 3.00. The molecule has 1 N–H and O–H groups in total. The van der Waals surface area contributed by atoms with Crippen molar-refractivity contribution in [1.29, 1.82) is 0 Å². The first-order chi connectivity index (χ1) is 10.2. The number of anilines is 1. The van der Waals surface area contributed by atoms with E-state index in [1.165, 1.54) is 0 Å². The minimum absolute atomic E-state index is 0.0670. The van der Waals surface area contributed by atoms with Crippen molar-refractivity contribution in [3.8, 4) is 5.75 Å². The maximum absolute atomic E-state index is 12.6. The fourth-order valence-electron chi connectivity index (χ4n) is 2.40. The lowest BCUT2D eigenvalue weighted by atomic mass is 10.1. The standard InChI is InChI=1S/C17H16N2O2/c1-19(15-5-3-4-6-16(15)21-2)17(20)13-7-8-14-12(11-13)9-10-18-14/h3-11,18H,1-2H3. The van der Waals surface area contributed by atoms with Gasteiger partial charge >= 0.3 is 0 Å². The Morgan fingerprint density at radius 3 is 2.76 bits per heavy atom. The summed E-state index contributed by atoms with van der Waals surface area (Å²) in [4.78, 5) is 17.4. The number of benzene rings is 2. The van der Waals surface area contributed by atoms with E-state index in [0.29, 0.717) is 11.3 Å². The highest BCUT2D eigenvalue weighted by Crippen LogP contribution is 2.28. The number of hydrogen-bond acceptors (Lipinski definition) is 2. The van der Waals surface area contributed by atoms with Crippen LogP contribution in [0.25, 0.3) is 10.9 Å². The maximum atomic E-state index is 12.6. The van der Waals surface area contributed by atoms with Crippen molar-refractivity contribution in [3.63, 3.8) is 0 Å². The predicted octanol–water partition coefficient (Wildman–Crippen LogP) is 3.45. The molecule has 0 spiro atoms. The molecule has 2 aromatic carbocycles. The Bertz CT molecular complexity index is 792. The Hall–Kier alpha value is -2.75. The molecule has 3 aromatic rings. The van der Waals surface area contributed by atoms with Crippen LogP contribution in [-0.4, -0.2) is 25.0 Å². The van der Waals surface area contributed by atoms with Crippen molar-refractivity contribution in [2.45, 2.75) is 0 Å². The molecule has 0 aliphatic carbocycles. The maximum Gasteiger partial charge on any atom is 0.258 e. The van der Waals surface area contributed by atoms with Gasteiger partial charge in [-0.2, -0.15) is 0 Å². The highest BCUT2D eigenvalue weighted by molar-refractivity contribution is 6.08. The number of fused-ring (bicyclic) bond motifs is 1. The van der Waals surface area contributed by atoms with Crippen LogP contribution in [0.2, 0.25) is 0 Å². The summed E-state index contributed by atoms with van der Waals surface area (Å²) in [5.74, 6) is 0.610. The second-order valence-corrected chi connectivity index (χ2v) is 4.82. The summed E-state index contributed by atoms with van der Waals surface area (Å²) in [6, 6.07) is 15.1. The minimum atomic E-state index is -0.0670. The van der Waals surface area contributed by atoms with Gasteiger partial charge < -0.3 is 14.6 Å². The lowest BCUT2D eigenvalue weighted by Crippen LogP contribution is -2.26. The molecule has 0 radical (unpaired) electrons. The van der Waals surface area contributed by atoms with E-state index in [9.17, 15) is 4.79 Å². The number of para-hydroxylation sites is 2. The van der Waals surface area contributed by atoms with Crippen molar-refractivity contribution < 1.29 is 9.53 Å². The first kappa shape index (κ1) is 13.2. The SMILES string of the molecule is COc1ccccc1N(C)C(=O)c1ccc2[nH]ccc2c1. The number of methoxy groups -OCH3 is 1. The van der Waals surface area contributed by atoms with E-state index in [4.69, 9.17) is 4.74 Å². The molecule has 1 heterocycles. The van der Waals surface area contributed by atoms with E-state index < -0.39 is 0 Å². The predicted molar refractivity (Wildman–Crippen MR) is 84.0 cm³/mol. The monoisotopic (exact) mass is 280 g/mol. The molecule has 4 heteroatoms. The molecule has 0 fully saturated rings. The molecule has 0 unspecified atom stereocenters. The molecule has 4 nitrogen and oxygen atoms in total. The van der Waals surface area contributed by atoms with Gasteiger partial charge in [0.15, 0.2) is 0 Å². The van der Waals surface area contributed by atoms with E-state index in [-0.39, 0.29) is 5.91 Å². The number of nitrogens with one attached hydrogen (secondary N) is 1. The average molecular weight is 280 g/mol. The van der Waals surface area contributed by atoms with Gasteiger partial charge in [0.25, 0.3) is 5.91 Å². The van der Waals surface area contributed by atoms with Crippen LogP contribution in [0, 0.1) is 0 Å². The number of rotatable bonds is 3. The highest BCUT2D eigenvalue weighted by atomic mass is 16.5. The molecule has 0 bridgehead atoms. The quantitative estimate of drug-likeness (QED) is 0.798. The topological polar surface area (TPSA) is 45.3 Å². The van der Waals surface area contributed by atoms with Gasteiger partial charge in [0, 0.05) is 29.7 Å². The zero-order valence-electron chi connectivity index (χ0n) is 12.0. The molecule has 3 rings (SSSR count). The molecule has 0 aliphatic rings. The minimum Gasteiger partial charge on any atom is -0.495 e. The third-order valence-electron chi connectivity index (χ3n) is 3.55. The molecule has 0 aliphatic heterocycles. The van der Waals surface area contributed by atoms with Gasteiger partial charge in [-0.1, -0.05) is 12.1 Å². The van der Waals surface area contributed by atoms with Gasteiger partial charge in [-0.05, 0) is 36.4 Å². The van der Waals surface area contributed by atoms with Gasteiger partial charge in [-0.15, -0.1) is 0 Å². The summed E-state index contributed by atoms with van der Waals surface area (Å²) in [5, 5.41) is 1.02. The number of carbonyl (C=O) groups is 1. The van der Waals surface area contributed by atoms with Crippen LogP contribution in [0.3, 0.4) is 0 Å². The van der Waals surface area contributed by atoms with Crippen LogP contribution in [-0.2, 0) is 0 Å². The van der Waals surface area contributed by atoms with E-state index in [0.717, 1.165) is 16.6 Å². The number of carbonyl (C=O) groups excluding carboxylic acids is 1. The Balaban J connectivity index is 1.96. The van der Waals surface area contributed by atoms with Crippen LogP contribution in [0.15, 0.2) is 54.7 Å². The van der Waals surface area contributed by atoms with Crippen molar-refractivity contribution in [2.75, 3.05) is 19.1 Å². The van der Waals surface area contributed by atoms with E-state index >= 15 is 0 Å². The van der Waals surface area contributed by atoms with Gasteiger partial charge in [-0.3, -0.25) is 4.79 Å². The Morgan fingerprint density at radius 2 is 1.95 bits per heavy atom. The van der Waals surface area contributed by atoms with Crippen LogP contribution in [0.1, 0.15) is 10.4 Å². The number of amides is 1. The second-order valence-electron chi connectivity index (χ2n) is 4.82. The Morgan fingerprint density at radius 1 is 1.14 bits per heavy atom. The Kier molecular flexibility index (Phi) is 3.36. The van der Waals surface area contributed by atoms with E-state index in [1.54, 1.807) is 19.1 Å².